The molecule has 0 radical (unpaired) electrons. The molecule has 0 aliphatic heterocycles. The van der Waals surface area contributed by atoms with E-state index in [0.717, 1.165) is 5.92 Å². The lowest BCUT2D eigenvalue weighted by atomic mass is 10.0. The number of hydrogen-bond donors (Lipinski definition) is 0. The molecule has 0 atom stereocenters. The van der Waals surface area contributed by atoms with Crippen molar-refractivity contribution in [3.8, 4) is 0 Å². The van der Waals surface area contributed by atoms with Gasteiger partial charge in [0.25, 0.3) is 0 Å². The van der Waals surface area contributed by atoms with Crippen LogP contribution in [0.5, 0.6) is 0 Å². The van der Waals surface area contributed by atoms with Crippen LogP contribution in [0, 0.1) is 5.92 Å². The molecule has 0 saturated heterocycles. The maximum Gasteiger partial charge on any atom is -0.0321 e. The molecule has 0 saturated carbocycles. The molecule has 0 spiro atoms. The highest BCUT2D eigenvalue weighted by atomic mass is 14.0. The summed E-state index contributed by atoms with van der Waals surface area (Å²) in [4.78, 5) is 0. The number of hydrogen-bond acceptors (Lipinski definition) is 0. The molecule has 0 aromatic rings. The van der Waals surface area contributed by atoms with Gasteiger partial charge in [0.1, 0.15) is 0 Å². The lowest BCUT2D eigenvalue weighted by Crippen LogP contribution is -1.88. The van der Waals surface area contributed by atoms with Gasteiger partial charge in [-0.1, -0.05) is 31.4 Å². The summed E-state index contributed by atoms with van der Waals surface area (Å²) in [6, 6.07) is 0. The Morgan fingerprint density at radius 2 is 1.64 bits per heavy atom. The summed E-state index contributed by atoms with van der Waals surface area (Å²) in [7, 11) is 0. The van der Waals surface area contributed by atoms with Crippen LogP contribution in [0.1, 0.15) is 53.9 Å². The maximum atomic E-state index is 2.29. The lowest BCUT2D eigenvalue weighted by molar-refractivity contribution is 0.554. The van der Waals surface area contributed by atoms with Gasteiger partial charge in [-0.05, 0) is 39.5 Å². The molecule has 0 unspecified atom stereocenters. The first-order valence-electron chi connectivity index (χ1n) is 4.67. The van der Waals surface area contributed by atoms with E-state index >= 15 is 0 Å². The molecule has 0 rings (SSSR count). The predicted octanol–water partition coefficient (Wildman–Crippen LogP) is 4.17. The monoisotopic (exact) mass is 154 g/mol. The van der Waals surface area contributed by atoms with E-state index in [2.05, 4.69) is 34.6 Å². The molecule has 0 bridgehead atoms. The quantitative estimate of drug-likeness (QED) is 0.533. The summed E-state index contributed by atoms with van der Waals surface area (Å²) in [5.74, 6) is 0.861. The van der Waals surface area contributed by atoms with E-state index in [9.17, 15) is 0 Å². The van der Waals surface area contributed by atoms with E-state index < -0.39 is 0 Å². The average molecular weight is 154 g/mol. The van der Waals surface area contributed by atoms with Crippen molar-refractivity contribution in [3.05, 3.63) is 11.1 Å². The summed E-state index contributed by atoms with van der Waals surface area (Å²) in [6.45, 7) is 11.2. The van der Waals surface area contributed by atoms with Crippen molar-refractivity contribution >= 4 is 0 Å². The second kappa shape index (κ2) is 5.40. The molecule has 0 nitrogen and oxygen atoms in total. The van der Waals surface area contributed by atoms with Gasteiger partial charge in [-0.25, -0.2) is 0 Å². The maximum absolute atomic E-state index is 2.29. The van der Waals surface area contributed by atoms with Crippen LogP contribution in [0.3, 0.4) is 0 Å². The van der Waals surface area contributed by atoms with Crippen LogP contribution in [0.4, 0.5) is 0 Å². The Labute approximate surface area is 71.7 Å². The van der Waals surface area contributed by atoms with Gasteiger partial charge in [-0.3, -0.25) is 0 Å². The van der Waals surface area contributed by atoms with E-state index in [1.54, 1.807) is 5.57 Å². The van der Waals surface area contributed by atoms with Gasteiger partial charge in [-0.2, -0.15) is 0 Å². The molecular weight excluding hydrogens is 132 g/mol. The molecule has 0 amide bonds. The zero-order valence-corrected chi connectivity index (χ0v) is 8.70. The van der Waals surface area contributed by atoms with Gasteiger partial charge < -0.3 is 0 Å². The third-order valence-corrected chi connectivity index (χ3v) is 2.19. The molecule has 0 fully saturated rings. The SMILES string of the molecule is CC(C)=C(C)CCCC(C)C. The zero-order valence-electron chi connectivity index (χ0n) is 8.70. The van der Waals surface area contributed by atoms with Crippen LogP contribution < -0.4 is 0 Å². The molecule has 66 valence electrons. The van der Waals surface area contributed by atoms with E-state index in [1.165, 1.54) is 24.8 Å². The van der Waals surface area contributed by atoms with Crippen LogP contribution in [0.2, 0.25) is 0 Å². The lowest BCUT2D eigenvalue weighted by Gasteiger charge is -2.05. The summed E-state index contributed by atoms with van der Waals surface area (Å²) >= 11 is 0. The van der Waals surface area contributed by atoms with E-state index in [-0.39, 0.29) is 0 Å². The van der Waals surface area contributed by atoms with Gasteiger partial charge in [0.2, 0.25) is 0 Å². The van der Waals surface area contributed by atoms with Crippen LogP contribution >= 0.6 is 0 Å². The summed E-state index contributed by atoms with van der Waals surface area (Å²) in [5, 5.41) is 0. The first-order chi connectivity index (χ1) is 5.04. The van der Waals surface area contributed by atoms with Gasteiger partial charge in [0.15, 0.2) is 0 Å². The van der Waals surface area contributed by atoms with Crippen molar-refractivity contribution in [1.29, 1.82) is 0 Å². The Morgan fingerprint density at radius 1 is 1.09 bits per heavy atom. The Kier molecular flexibility index (Phi) is 5.27. The summed E-state index contributed by atoms with van der Waals surface area (Å²) in [5.41, 5.74) is 3.07. The summed E-state index contributed by atoms with van der Waals surface area (Å²) < 4.78 is 0. The second-order valence-electron chi connectivity index (χ2n) is 4.07. The van der Waals surface area contributed by atoms with Crippen molar-refractivity contribution < 1.29 is 0 Å². The van der Waals surface area contributed by atoms with Gasteiger partial charge in [0.05, 0.1) is 0 Å². The average Bonchev–Trinajstić information content (AvgIpc) is 1.86. The third-order valence-electron chi connectivity index (χ3n) is 2.19. The third kappa shape index (κ3) is 6.15. The Hall–Kier alpha value is -0.260. The largest absolute Gasteiger partial charge is 0.0775 e. The molecule has 0 heterocycles. The smallest absolute Gasteiger partial charge is 0.0321 e. The van der Waals surface area contributed by atoms with Crippen LogP contribution in [-0.2, 0) is 0 Å². The number of rotatable bonds is 4. The molecule has 0 aromatic heterocycles. The normalized spacial score (nSPS) is 10.4. The van der Waals surface area contributed by atoms with Crippen LogP contribution in [0.15, 0.2) is 11.1 Å². The number of allylic oxidation sites excluding steroid dienone is 2. The second-order valence-corrected chi connectivity index (χ2v) is 4.07. The minimum atomic E-state index is 0.861. The van der Waals surface area contributed by atoms with Gasteiger partial charge >= 0.3 is 0 Å². The Morgan fingerprint density at radius 3 is 2.00 bits per heavy atom. The fourth-order valence-electron chi connectivity index (χ4n) is 1.03. The molecular formula is C11H22. The minimum absolute atomic E-state index is 0.861. The van der Waals surface area contributed by atoms with Crippen molar-refractivity contribution in [2.75, 3.05) is 0 Å². The van der Waals surface area contributed by atoms with E-state index in [4.69, 9.17) is 0 Å². The predicted molar refractivity (Wildman–Crippen MR) is 52.7 cm³/mol. The highest BCUT2D eigenvalue weighted by Gasteiger charge is 1.95. The van der Waals surface area contributed by atoms with Gasteiger partial charge in [0, 0.05) is 0 Å². The highest BCUT2D eigenvalue weighted by molar-refractivity contribution is 5.06. The molecule has 11 heavy (non-hydrogen) atoms. The highest BCUT2D eigenvalue weighted by Crippen LogP contribution is 2.14. The molecule has 0 heteroatoms. The topological polar surface area (TPSA) is 0 Å². The van der Waals surface area contributed by atoms with Crippen molar-refractivity contribution in [3.63, 3.8) is 0 Å². The summed E-state index contributed by atoms with van der Waals surface area (Å²) in [6.07, 6.45) is 4.01. The molecule has 0 aliphatic carbocycles. The van der Waals surface area contributed by atoms with Crippen molar-refractivity contribution in [2.24, 2.45) is 5.92 Å². The van der Waals surface area contributed by atoms with E-state index in [1.807, 2.05) is 0 Å². The van der Waals surface area contributed by atoms with Crippen LogP contribution in [0.25, 0.3) is 0 Å². The van der Waals surface area contributed by atoms with Crippen molar-refractivity contribution in [1.82, 2.24) is 0 Å². The fraction of sp³-hybridized carbons (Fsp3) is 0.818. The molecule has 0 aromatic carbocycles. The first-order valence-corrected chi connectivity index (χ1v) is 4.67. The van der Waals surface area contributed by atoms with Gasteiger partial charge in [-0.15, -0.1) is 0 Å². The Balaban J connectivity index is 3.48. The molecule has 0 N–H and O–H groups in total. The standard InChI is InChI=1S/C11H22/c1-9(2)7-6-8-11(5)10(3)4/h9H,6-8H2,1-5H3. The molecule has 0 aliphatic rings. The zero-order chi connectivity index (χ0) is 8.85. The van der Waals surface area contributed by atoms with E-state index in [0.29, 0.717) is 0 Å². The van der Waals surface area contributed by atoms with Crippen molar-refractivity contribution in [2.45, 2.75) is 53.9 Å². The minimum Gasteiger partial charge on any atom is -0.0775 e. The fourth-order valence-corrected chi connectivity index (χ4v) is 1.03. The Bertz CT molecular complexity index is 125. The van der Waals surface area contributed by atoms with Crippen LogP contribution in [-0.4, -0.2) is 0 Å². The first kappa shape index (κ1) is 10.7.